The second kappa shape index (κ2) is 8.96. The van der Waals surface area contributed by atoms with E-state index >= 15 is 0 Å². The van der Waals surface area contributed by atoms with Gasteiger partial charge in [0.25, 0.3) is 5.56 Å². The van der Waals surface area contributed by atoms with Gasteiger partial charge in [0.1, 0.15) is 6.23 Å². The number of ketones is 1. The molecule has 2 aromatic carbocycles. The number of aromatic nitrogens is 3. The van der Waals surface area contributed by atoms with Gasteiger partial charge in [-0.05, 0) is 48.1 Å². The molecule has 0 amide bonds. The quantitative estimate of drug-likeness (QED) is 0.357. The number of rotatable bonds is 6. The van der Waals surface area contributed by atoms with Gasteiger partial charge in [0.05, 0.1) is 17.9 Å². The van der Waals surface area contributed by atoms with Crippen molar-refractivity contribution in [2.24, 2.45) is 0 Å². The standard InChI is InChI=1S/C26H24ClN3O3/c1-2-22(31)25-24(17-7-4-3-5-8-17)21-15-18(27)10-11-20(21)26(32)29(25)16-19-12-13-30(28-19)23-9-6-14-33-23/h3-5,7-8,10-13,15,23H,2,6,9,14,16H2,1H3. The Morgan fingerprint density at radius 3 is 2.70 bits per heavy atom. The smallest absolute Gasteiger partial charge is 0.259 e. The van der Waals surface area contributed by atoms with Crippen molar-refractivity contribution in [1.29, 1.82) is 0 Å². The molecule has 0 saturated carbocycles. The fraction of sp³-hybridized carbons (Fsp3) is 0.269. The molecule has 0 bridgehead atoms. The fourth-order valence-electron chi connectivity index (χ4n) is 4.48. The number of ether oxygens (including phenoxy) is 1. The summed E-state index contributed by atoms with van der Waals surface area (Å²) in [4.78, 5) is 26.9. The van der Waals surface area contributed by atoms with Crippen molar-refractivity contribution < 1.29 is 9.53 Å². The molecule has 0 aliphatic carbocycles. The number of benzene rings is 2. The molecule has 33 heavy (non-hydrogen) atoms. The fourth-order valence-corrected chi connectivity index (χ4v) is 4.65. The molecule has 0 N–H and O–H groups in total. The number of carbonyl (C=O) groups is 1. The van der Waals surface area contributed by atoms with E-state index in [2.05, 4.69) is 5.10 Å². The molecular weight excluding hydrogens is 438 g/mol. The SMILES string of the molecule is CCC(=O)c1c(-c2ccccc2)c2cc(Cl)ccc2c(=O)n1Cc1ccn(C2CCCO2)n1. The average Bonchev–Trinajstić information content (AvgIpc) is 3.53. The summed E-state index contributed by atoms with van der Waals surface area (Å²) in [5, 5.41) is 6.36. The van der Waals surface area contributed by atoms with Crippen LogP contribution in [0.3, 0.4) is 0 Å². The van der Waals surface area contributed by atoms with E-state index in [4.69, 9.17) is 16.3 Å². The number of hydrogen-bond acceptors (Lipinski definition) is 4. The van der Waals surface area contributed by atoms with Crippen molar-refractivity contribution in [2.75, 3.05) is 6.61 Å². The number of pyridine rings is 1. The third-order valence-corrected chi connectivity index (χ3v) is 6.30. The minimum Gasteiger partial charge on any atom is -0.357 e. The summed E-state index contributed by atoms with van der Waals surface area (Å²) in [5.74, 6) is -0.105. The Kier molecular flexibility index (Phi) is 5.87. The summed E-state index contributed by atoms with van der Waals surface area (Å²) in [5.41, 5.74) is 2.43. The zero-order valence-electron chi connectivity index (χ0n) is 18.3. The Balaban J connectivity index is 1.74. The van der Waals surface area contributed by atoms with Gasteiger partial charge < -0.3 is 4.74 Å². The Bertz CT molecular complexity index is 1390. The molecule has 168 valence electrons. The lowest BCUT2D eigenvalue weighted by atomic mass is 9.94. The van der Waals surface area contributed by atoms with Gasteiger partial charge in [0.15, 0.2) is 5.78 Å². The third kappa shape index (κ3) is 4.01. The second-order valence-electron chi connectivity index (χ2n) is 8.20. The van der Waals surface area contributed by atoms with E-state index in [-0.39, 0.29) is 30.5 Å². The first-order valence-corrected chi connectivity index (χ1v) is 11.5. The van der Waals surface area contributed by atoms with Gasteiger partial charge in [-0.25, -0.2) is 4.68 Å². The lowest BCUT2D eigenvalue weighted by molar-refractivity contribution is 0.0464. The zero-order valence-corrected chi connectivity index (χ0v) is 19.1. The maximum absolute atomic E-state index is 13.6. The summed E-state index contributed by atoms with van der Waals surface area (Å²) >= 11 is 6.31. The molecule has 1 fully saturated rings. The first-order valence-electron chi connectivity index (χ1n) is 11.2. The number of halogens is 1. The summed E-state index contributed by atoms with van der Waals surface area (Å²) in [6.07, 6.45) is 3.98. The highest BCUT2D eigenvalue weighted by Gasteiger charge is 2.24. The third-order valence-electron chi connectivity index (χ3n) is 6.07. The highest BCUT2D eigenvalue weighted by atomic mass is 35.5. The second-order valence-corrected chi connectivity index (χ2v) is 8.64. The first-order chi connectivity index (χ1) is 16.1. The molecule has 5 rings (SSSR count). The molecule has 4 aromatic rings. The number of Topliss-reactive ketones (excluding diaryl/α,β-unsaturated/α-hetero) is 1. The van der Waals surface area contributed by atoms with Crippen LogP contribution in [0.25, 0.3) is 21.9 Å². The van der Waals surface area contributed by atoms with E-state index in [1.165, 1.54) is 0 Å². The van der Waals surface area contributed by atoms with Crippen LogP contribution in [-0.4, -0.2) is 26.7 Å². The van der Waals surface area contributed by atoms with Crippen LogP contribution in [0.15, 0.2) is 65.6 Å². The predicted octanol–water partition coefficient (Wildman–Crippen LogP) is 5.47. The van der Waals surface area contributed by atoms with Gasteiger partial charge in [-0.1, -0.05) is 48.9 Å². The monoisotopic (exact) mass is 461 g/mol. The highest BCUT2D eigenvalue weighted by Crippen LogP contribution is 2.33. The van der Waals surface area contributed by atoms with Crippen molar-refractivity contribution >= 4 is 28.2 Å². The maximum atomic E-state index is 13.6. The number of carbonyl (C=O) groups excluding carboxylic acids is 1. The van der Waals surface area contributed by atoms with E-state index in [0.717, 1.165) is 30.6 Å². The van der Waals surface area contributed by atoms with Crippen LogP contribution < -0.4 is 5.56 Å². The van der Waals surface area contributed by atoms with Crippen LogP contribution in [0.5, 0.6) is 0 Å². The molecule has 1 saturated heterocycles. The molecular formula is C26H24ClN3O3. The van der Waals surface area contributed by atoms with E-state index in [0.29, 0.717) is 27.2 Å². The number of nitrogens with zero attached hydrogens (tertiary/aromatic N) is 3. The maximum Gasteiger partial charge on any atom is 0.259 e. The molecule has 1 aliphatic heterocycles. The molecule has 2 aromatic heterocycles. The summed E-state index contributed by atoms with van der Waals surface area (Å²) < 4.78 is 9.08. The van der Waals surface area contributed by atoms with E-state index < -0.39 is 0 Å². The van der Waals surface area contributed by atoms with Gasteiger partial charge in [-0.3, -0.25) is 14.2 Å². The molecule has 1 unspecified atom stereocenters. The normalized spacial score (nSPS) is 15.9. The summed E-state index contributed by atoms with van der Waals surface area (Å²) in [6, 6.07) is 16.7. The Morgan fingerprint density at radius 2 is 1.97 bits per heavy atom. The van der Waals surface area contributed by atoms with Crippen LogP contribution in [-0.2, 0) is 11.3 Å². The Morgan fingerprint density at radius 1 is 1.15 bits per heavy atom. The number of hydrogen-bond donors (Lipinski definition) is 0. The highest BCUT2D eigenvalue weighted by molar-refractivity contribution is 6.31. The van der Waals surface area contributed by atoms with Gasteiger partial charge in [-0.2, -0.15) is 5.10 Å². The summed E-state index contributed by atoms with van der Waals surface area (Å²) in [6.45, 7) is 2.72. The van der Waals surface area contributed by atoms with Gasteiger partial charge in [0, 0.05) is 35.2 Å². The van der Waals surface area contributed by atoms with Crippen molar-refractivity contribution in [3.05, 3.63) is 87.6 Å². The van der Waals surface area contributed by atoms with Crippen molar-refractivity contribution in [1.82, 2.24) is 14.3 Å². The van der Waals surface area contributed by atoms with Gasteiger partial charge in [-0.15, -0.1) is 0 Å². The lowest BCUT2D eigenvalue weighted by Gasteiger charge is -2.19. The topological polar surface area (TPSA) is 66.1 Å². The number of fused-ring (bicyclic) bond motifs is 1. The molecule has 6 nitrogen and oxygen atoms in total. The van der Waals surface area contributed by atoms with Gasteiger partial charge in [0.2, 0.25) is 0 Å². The van der Waals surface area contributed by atoms with Crippen molar-refractivity contribution in [3.8, 4) is 11.1 Å². The largest absolute Gasteiger partial charge is 0.357 e. The van der Waals surface area contributed by atoms with Crippen molar-refractivity contribution in [2.45, 2.75) is 39.0 Å². The molecule has 0 spiro atoms. The Hall–Kier alpha value is -3.22. The van der Waals surface area contributed by atoms with Crippen LogP contribution >= 0.6 is 11.6 Å². The van der Waals surface area contributed by atoms with Crippen LogP contribution in [0.1, 0.15) is 48.6 Å². The predicted molar refractivity (Wildman–Crippen MR) is 129 cm³/mol. The first kappa shape index (κ1) is 21.6. The molecule has 7 heteroatoms. The van der Waals surface area contributed by atoms with Crippen LogP contribution in [0.4, 0.5) is 0 Å². The summed E-state index contributed by atoms with van der Waals surface area (Å²) in [7, 11) is 0. The van der Waals surface area contributed by atoms with Crippen molar-refractivity contribution in [3.63, 3.8) is 0 Å². The molecule has 1 aliphatic rings. The molecule has 1 atom stereocenters. The Labute approximate surface area is 196 Å². The minimum atomic E-state index is -0.232. The zero-order chi connectivity index (χ0) is 22.9. The van der Waals surface area contributed by atoms with E-state index in [1.54, 1.807) is 34.4 Å². The molecule has 0 radical (unpaired) electrons. The van der Waals surface area contributed by atoms with Crippen LogP contribution in [0, 0.1) is 0 Å². The minimum absolute atomic E-state index is 0.0779. The van der Waals surface area contributed by atoms with Crippen LogP contribution in [0.2, 0.25) is 5.02 Å². The van der Waals surface area contributed by atoms with Gasteiger partial charge >= 0.3 is 0 Å². The lowest BCUT2D eigenvalue weighted by Crippen LogP contribution is -2.28. The molecule has 3 heterocycles. The average molecular weight is 462 g/mol. The van der Waals surface area contributed by atoms with E-state index in [9.17, 15) is 9.59 Å². The van der Waals surface area contributed by atoms with E-state index in [1.807, 2.05) is 42.6 Å².